The lowest BCUT2D eigenvalue weighted by atomic mass is 9.83. The summed E-state index contributed by atoms with van der Waals surface area (Å²) in [5, 5.41) is 0.161. The zero-order chi connectivity index (χ0) is 12.3. The van der Waals surface area contributed by atoms with Gasteiger partial charge in [-0.25, -0.2) is 0 Å². The zero-order valence-electron chi connectivity index (χ0n) is 10.4. The first-order valence-corrected chi connectivity index (χ1v) is 7.72. The van der Waals surface area contributed by atoms with E-state index >= 15 is 0 Å². The molecule has 2 unspecified atom stereocenters. The largest absolute Gasteiger partial charge is 0.132 e. The summed E-state index contributed by atoms with van der Waals surface area (Å²) in [5.41, 5.74) is 0.395. The Balaban J connectivity index is 2.48. The average molecular weight is 324 g/mol. The number of hydrogen-bond acceptors (Lipinski definition) is 1. The van der Waals surface area contributed by atoms with E-state index in [1.165, 1.54) is 11.3 Å². The maximum atomic E-state index is 6.43. The van der Waals surface area contributed by atoms with Crippen molar-refractivity contribution in [2.24, 2.45) is 11.3 Å². The van der Waals surface area contributed by atoms with E-state index in [0.29, 0.717) is 11.3 Å². The molecule has 0 bridgehead atoms. The lowest BCUT2D eigenvalue weighted by molar-refractivity contribution is 0.295. The first-order valence-electron chi connectivity index (χ1n) is 5.67. The van der Waals surface area contributed by atoms with Crippen molar-refractivity contribution in [3.8, 4) is 0 Å². The van der Waals surface area contributed by atoms with Crippen molar-refractivity contribution in [2.45, 2.75) is 45.9 Å². The van der Waals surface area contributed by atoms with E-state index in [9.17, 15) is 0 Å². The van der Waals surface area contributed by atoms with E-state index in [4.69, 9.17) is 11.6 Å². The summed E-state index contributed by atoms with van der Waals surface area (Å²) in [4.78, 5) is 1.27. The Labute approximate surface area is 117 Å². The van der Waals surface area contributed by atoms with Crippen LogP contribution < -0.4 is 0 Å². The highest BCUT2D eigenvalue weighted by Crippen LogP contribution is 2.37. The number of alkyl halides is 1. The molecule has 0 aromatic carbocycles. The molecule has 2 atom stereocenters. The molecular formula is C13H20BrClS. The average Bonchev–Trinajstić information content (AvgIpc) is 2.47. The Kier molecular flexibility index (Phi) is 5.34. The molecule has 0 nitrogen and oxygen atoms in total. The molecule has 0 saturated carbocycles. The molecule has 0 amide bonds. The van der Waals surface area contributed by atoms with Crippen molar-refractivity contribution in [3.05, 3.63) is 20.8 Å². The predicted octanol–water partition coefficient (Wildman–Crippen LogP) is 6.25. The summed E-state index contributed by atoms with van der Waals surface area (Å²) in [6.45, 7) is 9.15. The van der Waals surface area contributed by atoms with Crippen molar-refractivity contribution in [3.63, 3.8) is 0 Å². The van der Waals surface area contributed by atoms with Crippen molar-refractivity contribution in [1.82, 2.24) is 0 Å². The molecule has 16 heavy (non-hydrogen) atoms. The summed E-state index contributed by atoms with van der Waals surface area (Å²) in [6.07, 6.45) is 2.29. The van der Waals surface area contributed by atoms with Gasteiger partial charge < -0.3 is 0 Å². The minimum absolute atomic E-state index is 0.161. The molecule has 0 N–H and O–H groups in total. The summed E-state index contributed by atoms with van der Waals surface area (Å²) >= 11 is 11.6. The fourth-order valence-corrected chi connectivity index (χ4v) is 4.02. The minimum Gasteiger partial charge on any atom is -0.132 e. The topological polar surface area (TPSA) is 0 Å². The van der Waals surface area contributed by atoms with Crippen molar-refractivity contribution in [1.29, 1.82) is 0 Å². The molecule has 92 valence electrons. The summed E-state index contributed by atoms with van der Waals surface area (Å²) in [5.74, 6) is 0.670. The van der Waals surface area contributed by atoms with Gasteiger partial charge in [0.2, 0.25) is 0 Å². The van der Waals surface area contributed by atoms with Crippen LogP contribution in [-0.2, 0) is 0 Å². The molecule has 1 aromatic heterocycles. The maximum absolute atomic E-state index is 6.43. The van der Waals surface area contributed by atoms with Crippen molar-refractivity contribution in [2.75, 3.05) is 0 Å². The Bertz CT molecular complexity index is 327. The standard InChI is InChI=1S/C13H20BrClS/c1-9(8-13(2,3)4)7-10(15)11-5-6-12(14)16-11/h5-6,9-10H,7-8H2,1-4H3. The van der Waals surface area contributed by atoms with Crippen molar-refractivity contribution >= 4 is 38.9 Å². The van der Waals surface area contributed by atoms with E-state index in [1.54, 1.807) is 11.3 Å². The fraction of sp³-hybridized carbons (Fsp3) is 0.692. The third kappa shape index (κ3) is 5.20. The highest BCUT2D eigenvalue weighted by atomic mass is 79.9. The quantitative estimate of drug-likeness (QED) is 0.574. The van der Waals surface area contributed by atoms with Crippen LogP contribution in [0.15, 0.2) is 15.9 Å². The predicted molar refractivity (Wildman–Crippen MR) is 78.5 cm³/mol. The number of halogens is 2. The molecule has 0 saturated heterocycles. The Morgan fingerprint density at radius 2 is 2.00 bits per heavy atom. The van der Waals surface area contributed by atoms with Crippen LogP contribution in [-0.4, -0.2) is 0 Å². The number of rotatable bonds is 4. The monoisotopic (exact) mass is 322 g/mol. The van der Waals surface area contributed by atoms with Crippen LogP contribution in [0, 0.1) is 11.3 Å². The zero-order valence-corrected chi connectivity index (χ0v) is 13.5. The van der Waals surface area contributed by atoms with Gasteiger partial charge in [0.15, 0.2) is 0 Å². The van der Waals surface area contributed by atoms with Crippen LogP contribution in [0.1, 0.15) is 50.8 Å². The molecule has 1 heterocycles. The van der Waals surface area contributed by atoms with Gasteiger partial charge in [-0.2, -0.15) is 0 Å². The molecule has 0 spiro atoms. The van der Waals surface area contributed by atoms with Crippen LogP contribution in [0.2, 0.25) is 0 Å². The molecule has 0 aliphatic rings. The Morgan fingerprint density at radius 1 is 1.38 bits per heavy atom. The second-order valence-corrected chi connectivity index (χ2v) is 8.74. The second kappa shape index (κ2) is 5.88. The van der Waals surface area contributed by atoms with Crippen LogP contribution in [0.3, 0.4) is 0 Å². The molecule has 1 aromatic rings. The van der Waals surface area contributed by atoms with E-state index < -0.39 is 0 Å². The van der Waals surface area contributed by atoms with E-state index in [2.05, 4.69) is 55.8 Å². The van der Waals surface area contributed by atoms with Gasteiger partial charge in [0.1, 0.15) is 0 Å². The van der Waals surface area contributed by atoms with Gasteiger partial charge in [-0.3, -0.25) is 0 Å². The Morgan fingerprint density at radius 3 is 2.44 bits per heavy atom. The van der Waals surface area contributed by atoms with Gasteiger partial charge in [-0.1, -0.05) is 27.7 Å². The molecular weight excluding hydrogens is 304 g/mol. The molecule has 3 heteroatoms. The number of thiophene rings is 1. The lowest BCUT2D eigenvalue weighted by Gasteiger charge is -2.24. The minimum atomic E-state index is 0.161. The van der Waals surface area contributed by atoms with Crippen LogP contribution in [0.4, 0.5) is 0 Å². The highest BCUT2D eigenvalue weighted by Gasteiger charge is 2.19. The molecule has 0 aliphatic carbocycles. The van der Waals surface area contributed by atoms with E-state index in [0.717, 1.165) is 10.2 Å². The highest BCUT2D eigenvalue weighted by molar-refractivity contribution is 9.11. The summed E-state index contributed by atoms with van der Waals surface area (Å²) in [6, 6.07) is 4.19. The molecule has 0 radical (unpaired) electrons. The van der Waals surface area contributed by atoms with Gasteiger partial charge in [-0.15, -0.1) is 22.9 Å². The van der Waals surface area contributed by atoms with Gasteiger partial charge >= 0.3 is 0 Å². The van der Waals surface area contributed by atoms with E-state index in [1.807, 2.05) is 0 Å². The SMILES string of the molecule is CC(CC(Cl)c1ccc(Br)s1)CC(C)(C)C. The molecule has 1 rings (SSSR count). The smallest absolute Gasteiger partial charge is 0.0701 e. The van der Waals surface area contributed by atoms with Gasteiger partial charge in [0.25, 0.3) is 0 Å². The third-order valence-corrected chi connectivity index (χ3v) is 4.75. The molecule has 0 aliphatic heterocycles. The van der Waals surface area contributed by atoms with Gasteiger partial charge in [0.05, 0.1) is 9.16 Å². The normalized spacial score (nSPS) is 16.1. The second-order valence-electron chi connectivity index (χ2n) is 5.72. The third-order valence-electron chi connectivity index (χ3n) is 2.47. The maximum Gasteiger partial charge on any atom is 0.0701 e. The first kappa shape index (κ1) is 14.5. The van der Waals surface area contributed by atoms with Gasteiger partial charge in [0, 0.05) is 4.88 Å². The number of hydrogen-bond donors (Lipinski definition) is 0. The van der Waals surface area contributed by atoms with Crippen molar-refractivity contribution < 1.29 is 0 Å². The van der Waals surface area contributed by atoms with Crippen LogP contribution >= 0.6 is 38.9 Å². The lowest BCUT2D eigenvalue weighted by Crippen LogP contribution is -2.12. The van der Waals surface area contributed by atoms with E-state index in [-0.39, 0.29) is 5.38 Å². The molecule has 0 fully saturated rings. The van der Waals surface area contributed by atoms with Gasteiger partial charge in [-0.05, 0) is 52.2 Å². The Hall–Kier alpha value is 0.470. The fourth-order valence-electron chi connectivity index (χ4n) is 2.09. The first-order chi connectivity index (χ1) is 7.28. The van der Waals surface area contributed by atoms with Crippen LogP contribution in [0.25, 0.3) is 0 Å². The summed E-state index contributed by atoms with van der Waals surface area (Å²) in [7, 11) is 0. The summed E-state index contributed by atoms with van der Waals surface area (Å²) < 4.78 is 1.16. The van der Waals surface area contributed by atoms with Crippen LogP contribution in [0.5, 0.6) is 0 Å².